The largest absolute Gasteiger partial charge is 0.316 e. The highest BCUT2D eigenvalue weighted by Crippen LogP contribution is 2.36. The molecule has 2 saturated heterocycles. The SMILES string of the molecule is Fc1ccc(CN2CCC3(CCNC3)C2)cc1Br. The van der Waals surface area contributed by atoms with Crippen LogP contribution in [-0.2, 0) is 6.54 Å². The summed E-state index contributed by atoms with van der Waals surface area (Å²) in [5, 5.41) is 3.47. The molecule has 2 aliphatic heterocycles. The zero-order valence-corrected chi connectivity index (χ0v) is 12.0. The second kappa shape index (κ2) is 4.91. The van der Waals surface area contributed by atoms with E-state index in [9.17, 15) is 4.39 Å². The molecule has 3 rings (SSSR count). The monoisotopic (exact) mass is 312 g/mol. The maximum atomic E-state index is 13.2. The highest BCUT2D eigenvalue weighted by atomic mass is 79.9. The topological polar surface area (TPSA) is 15.3 Å². The zero-order chi connectivity index (χ0) is 12.6. The van der Waals surface area contributed by atoms with Gasteiger partial charge in [0.2, 0.25) is 0 Å². The van der Waals surface area contributed by atoms with Crippen LogP contribution in [0.3, 0.4) is 0 Å². The number of hydrogen-bond acceptors (Lipinski definition) is 2. The van der Waals surface area contributed by atoms with Gasteiger partial charge < -0.3 is 5.32 Å². The Morgan fingerprint density at radius 1 is 1.39 bits per heavy atom. The van der Waals surface area contributed by atoms with Crippen LogP contribution in [0, 0.1) is 11.2 Å². The van der Waals surface area contributed by atoms with Gasteiger partial charge >= 0.3 is 0 Å². The highest BCUT2D eigenvalue weighted by molar-refractivity contribution is 9.10. The summed E-state index contributed by atoms with van der Waals surface area (Å²) < 4.78 is 13.8. The van der Waals surface area contributed by atoms with Gasteiger partial charge in [0, 0.05) is 19.6 Å². The van der Waals surface area contributed by atoms with E-state index >= 15 is 0 Å². The van der Waals surface area contributed by atoms with Crippen molar-refractivity contribution in [1.82, 2.24) is 10.2 Å². The molecular weight excluding hydrogens is 295 g/mol. The molecule has 98 valence electrons. The van der Waals surface area contributed by atoms with E-state index in [4.69, 9.17) is 0 Å². The van der Waals surface area contributed by atoms with Crippen molar-refractivity contribution in [3.05, 3.63) is 34.1 Å². The van der Waals surface area contributed by atoms with Crippen molar-refractivity contribution in [3.8, 4) is 0 Å². The lowest BCUT2D eigenvalue weighted by atomic mass is 9.86. The Morgan fingerprint density at radius 2 is 2.28 bits per heavy atom. The van der Waals surface area contributed by atoms with E-state index in [1.54, 1.807) is 6.07 Å². The molecule has 2 heterocycles. The van der Waals surface area contributed by atoms with Gasteiger partial charge in [-0.05, 0) is 65.0 Å². The van der Waals surface area contributed by atoms with Gasteiger partial charge in [-0.15, -0.1) is 0 Å². The molecule has 2 fully saturated rings. The average molecular weight is 313 g/mol. The maximum absolute atomic E-state index is 13.2. The van der Waals surface area contributed by atoms with Crippen molar-refractivity contribution >= 4 is 15.9 Å². The Bertz CT molecular complexity index is 443. The minimum Gasteiger partial charge on any atom is -0.316 e. The van der Waals surface area contributed by atoms with E-state index in [0.717, 1.165) is 26.2 Å². The third kappa shape index (κ3) is 2.46. The first-order valence-electron chi connectivity index (χ1n) is 6.54. The molecule has 0 aliphatic carbocycles. The normalized spacial score (nSPS) is 28.3. The number of halogens is 2. The summed E-state index contributed by atoms with van der Waals surface area (Å²) in [5.41, 5.74) is 1.70. The van der Waals surface area contributed by atoms with Gasteiger partial charge in [0.15, 0.2) is 0 Å². The van der Waals surface area contributed by atoms with Crippen LogP contribution in [0.4, 0.5) is 4.39 Å². The molecule has 4 heteroatoms. The van der Waals surface area contributed by atoms with Crippen LogP contribution in [0.25, 0.3) is 0 Å². The van der Waals surface area contributed by atoms with Crippen LogP contribution in [0.15, 0.2) is 22.7 Å². The van der Waals surface area contributed by atoms with Gasteiger partial charge in [0.05, 0.1) is 4.47 Å². The molecule has 0 aromatic heterocycles. The molecular formula is C14H18BrFN2. The predicted octanol–water partition coefficient (Wildman–Crippen LogP) is 2.77. The molecule has 1 atom stereocenters. The van der Waals surface area contributed by atoms with Gasteiger partial charge in [-0.3, -0.25) is 4.90 Å². The summed E-state index contributed by atoms with van der Waals surface area (Å²) in [7, 11) is 0. The summed E-state index contributed by atoms with van der Waals surface area (Å²) in [4.78, 5) is 2.49. The first-order valence-corrected chi connectivity index (χ1v) is 7.33. The summed E-state index contributed by atoms with van der Waals surface area (Å²) >= 11 is 3.25. The van der Waals surface area contributed by atoms with Crippen LogP contribution >= 0.6 is 15.9 Å². The number of likely N-dealkylation sites (tertiary alicyclic amines) is 1. The van der Waals surface area contributed by atoms with Crippen LogP contribution in [0.5, 0.6) is 0 Å². The number of rotatable bonds is 2. The van der Waals surface area contributed by atoms with Gasteiger partial charge in [-0.25, -0.2) is 4.39 Å². The molecule has 1 aromatic rings. The zero-order valence-electron chi connectivity index (χ0n) is 10.4. The lowest BCUT2D eigenvalue weighted by Gasteiger charge is -2.22. The third-order valence-corrected chi connectivity index (χ3v) is 4.85. The van der Waals surface area contributed by atoms with Crippen LogP contribution < -0.4 is 5.32 Å². The van der Waals surface area contributed by atoms with E-state index in [0.29, 0.717) is 9.89 Å². The van der Waals surface area contributed by atoms with E-state index in [1.165, 1.54) is 24.9 Å². The predicted molar refractivity (Wildman–Crippen MR) is 73.9 cm³/mol. The van der Waals surface area contributed by atoms with Gasteiger partial charge in [0.1, 0.15) is 5.82 Å². The van der Waals surface area contributed by atoms with Crippen LogP contribution in [-0.4, -0.2) is 31.1 Å². The Balaban J connectivity index is 1.65. The van der Waals surface area contributed by atoms with E-state index < -0.39 is 0 Å². The Kier molecular flexibility index (Phi) is 3.43. The maximum Gasteiger partial charge on any atom is 0.137 e. The number of nitrogens with zero attached hydrogens (tertiary/aromatic N) is 1. The molecule has 0 amide bonds. The second-order valence-electron chi connectivity index (χ2n) is 5.64. The molecule has 1 N–H and O–H groups in total. The molecule has 0 saturated carbocycles. The summed E-state index contributed by atoms with van der Waals surface area (Å²) in [6, 6.07) is 5.33. The summed E-state index contributed by atoms with van der Waals surface area (Å²) in [5.74, 6) is -0.184. The van der Waals surface area contributed by atoms with Crippen molar-refractivity contribution in [2.75, 3.05) is 26.2 Å². The minimum atomic E-state index is -0.184. The Morgan fingerprint density at radius 3 is 3.00 bits per heavy atom. The van der Waals surface area contributed by atoms with Crippen molar-refractivity contribution in [1.29, 1.82) is 0 Å². The van der Waals surface area contributed by atoms with Crippen LogP contribution in [0.1, 0.15) is 18.4 Å². The van der Waals surface area contributed by atoms with Gasteiger partial charge in [0.25, 0.3) is 0 Å². The van der Waals surface area contributed by atoms with Gasteiger partial charge in [-0.2, -0.15) is 0 Å². The van der Waals surface area contributed by atoms with Gasteiger partial charge in [-0.1, -0.05) is 6.07 Å². The number of benzene rings is 1. The molecule has 0 bridgehead atoms. The number of nitrogens with one attached hydrogen (secondary N) is 1. The van der Waals surface area contributed by atoms with Crippen molar-refractivity contribution in [2.24, 2.45) is 5.41 Å². The lowest BCUT2D eigenvalue weighted by Crippen LogP contribution is -2.28. The molecule has 2 aliphatic rings. The van der Waals surface area contributed by atoms with E-state index in [1.807, 2.05) is 12.1 Å². The molecule has 2 nitrogen and oxygen atoms in total. The van der Waals surface area contributed by atoms with E-state index in [-0.39, 0.29) is 5.82 Å². The standard InChI is InChI=1S/C14H18BrFN2/c15-12-7-11(1-2-13(12)16)8-18-6-4-14(10-18)3-5-17-9-14/h1-2,7,17H,3-6,8-10H2. The second-order valence-corrected chi connectivity index (χ2v) is 6.49. The third-order valence-electron chi connectivity index (χ3n) is 4.24. The average Bonchev–Trinajstić information content (AvgIpc) is 2.96. The highest BCUT2D eigenvalue weighted by Gasteiger charge is 2.39. The molecule has 1 spiro atoms. The smallest absolute Gasteiger partial charge is 0.137 e. The summed E-state index contributed by atoms with van der Waals surface area (Å²) in [6.07, 6.45) is 2.60. The molecule has 18 heavy (non-hydrogen) atoms. The quantitative estimate of drug-likeness (QED) is 0.903. The van der Waals surface area contributed by atoms with Crippen molar-refractivity contribution in [3.63, 3.8) is 0 Å². The molecule has 1 unspecified atom stereocenters. The van der Waals surface area contributed by atoms with E-state index in [2.05, 4.69) is 26.1 Å². The minimum absolute atomic E-state index is 0.184. The summed E-state index contributed by atoms with van der Waals surface area (Å²) in [6.45, 7) is 5.60. The first-order chi connectivity index (χ1) is 8.67. The fraction of sp³-hybridized carbons (Fsp3) is 0.571. The van der Waals surface area contributed by atoms with Crippen molar-refractivity contribution in [2.45, 2.75) is 19.4 Å². The first kappa shape index (κ1) is 12.6. The van der Waals surface area contributed by atoms with Crippen molar-refractivity contribution < 1.29 is 4.39 Å². The molecule has 1 aromatic carbocycles. The molecule has 0 radical (unpaired) electrons. The number of hydrogen-bond donors (Lipinski definition) is 1. The fourth-order valence-corrected chi connectivity index (χ4v) is 3.63. The van der Waals surface area contributed by atoms with Crippen LogP contribution in [0.2, 0.25) is 0 Å². The lowest BCUT2D eigenvalue weighted by molar-refractivity contribution is 0.268. The fourth-order valence-electron chi connectivity index (χ4n) is 3.20. The Labute approximate surface area is 116 Å². The Hall–Kier alpha value is -0.450.